The summed E-state index contributed by atoms with van der Waals surface area (Å²) in [4.78, 5) is 25.9. The van der Waals surface area contributed by atoms with E-state index in [-0.39, 0.29) is 12.0 Å². The maximum Gasteiger partial charge on any atom is 0.490 e. The summed E-state index contributed by atoms with van der Waals surface area (Å²) in [5.41, 5.74) is 0.536. The SMILES string of the molecule is Cn1ccc(C(=O)N2C[C@@H]3CN(CC4CC4)CCO[C@@H]3C2)n1.O=C(O)C(F)(F)F. The van der Waals surface area contributed by atoms with Crippen molar-refractivity contribution in [2.45, 2.75) is 25.1 Å². The van der Waals surface area contributed by atoms with E-state index in [9.17, 15) is 18.0 Å². The summed E-state index contributed by atoms with van der Waals surface area (Å²) in [5, 5.41) is 11.4. The Morgan fingerprint density at radius 3 is 2.52 bits per heavy atom. The van der Waals surface area contributed by atoms with Gasteiger partial charge < -0.3 is 19.6 Å². The number of rotatable bonds is 3. The van der Waals surface area contributed by atoms with Crippen LogP contribution in [-0.2, 0) is 16.6 Å². The highest BCUT2D eigenvalue weighted by Crippen LogP contribution is 2.31. The molecular formula is C18H25F3N4O4. The van der Waals surface area contributed by atoms with Gasteiger partial charge in [0.1, 0.15) is 5.69 Å². The molecule has 0 unspecified atom stereocenters. The van der Waals surface area contributed by atoms with Crippen LogP contribution in [0.4, 0.5) is 13.2 Å². The molecule has 3 fully saturated rings. The number of aryl methyl sites for hydroxylation is 1. The van der Waals surface area contributed by atoms with Crippen LogP contribution in [0.2, 0.25) is 0 Å². The van der Waals surface area contributed by atoms with Crippen LogP contribution >= 0.6 is 0 Å². The number of carboxylic acids is 1. The Labute approximate surface area is 166 Å². The fraction of sp³-hybridized carbons (Fsp3) is 0.722. The average molecular weight is 418 g/mol. The van der Waals surface area contributed by atoms with E-state index in [0.717, 1.165) is 32.2 Å². The van der Waals surface area contributed by atoms with Crippen molar-refractivity contribution in [2.24, 2.45) is 18.9 Å². The molecule has 2 saturated heterocycles. The van der Waals surface area contributed by atoms with Gasteiger partial charge in [-0.1, -0.05) is 0 Å². The molecular weight excluding hydrogens is 393 g/mol. The van der Waals surface area contributed by atoms with Crippen LogP contribution in [0, 0.1) is 11.8 Å². The van der Waals surface area contributed by atoms with E-state index in [2.05, 4.69) is 10.00 Å². The Balaban J connectivity index is 0.000000298. The fourth-order valence-corrected chi connectivity index (χ4v) is 3.65. The van der Waals surface area contributed by atoms with Gasteiger partial charge >= 0.3 is 12.1 Å². The Morgan fingerprint density at radius 1 is 1.28 bits per heavy atom. The number of likely N-dealkylation sites (tertiary alicyclic amines) is 1. The van der Waals surface area contributed by atoms with Crippen LogP contribution in [0.1, 0.15) is 23.3 Å². The van der Waals surface area contributed by atoms with Crippen molar-refractivity contribution in [3.8, 4) is 0 Å². The largest absolute Gasteiger partial charge is 0.490 e. The number of aromatic nitrogens is 2. The molecule has 4 rings (SSSR count). The van der Waals surface area contributed by atoms with Gasteiger partial charge in [-0.25, -0.2) is 4.79 Å². The molecule has 3 heterocycles. The van der Waals surface area contributed by atoms with Crippen LogP contribution in [0.5, 0.6) is 0 Å². The number of nitrogens with zero attached hydrogens (tertiary/aromatic N) is 4. The zero-order chi connectivity index (χ0) is 21.2. The lowest BCUT2D eigenvalue weighted by Gasteiger charge is -2.23. The summed E-state index contributed by atoms with van der Waals surface area (Å²) < 4.78 is 39.4. The number of ether oxygens (including phenoxy) is 1. The van der Waals surface area contributed by atoms with Gasteiger partial charge in [-0.05, 0) is 24.8 Å². The van der Waals surface area contributed by atoms with E-state index < -0.39 is 12.1 Å². The maximum absolute atomic E-state index is 12.5. The summed E-state index contributed by atoms with van der Waals surface area (Å²) in [6.45, 7) is 5.60. The molecule has 0 aromatic carbocycles. The van der Waals surface area contributed by atoms with Gasteiger partial charge in [-0.2, -0.15) is 18.3 Å². The minimum atomic E-state index is -5.08. The van der Waals surface area contributed by atoms with Crippen LogP contribution < -0.4 is 0 Å². The van der Waals surface area contributed by atoms with Crippen molar-refractivity contribution in [2.75, 3.05) is 39.3 Å². The van der Waals surface area contributed by atoms with E-state index >= 15 is 0 Å². The predicted octanol–water partition coefficient (Wildman–Crippen LogP) is 1.24. The maximum atomic E-state index is 12.5. The lowest BCUT2D eigenvalue weighted by molar-refractivity contribution is -0.192. The molecule has 11 heteroatoms. The monoisotopic (exact) mass is 418 g/mol. The molecule has 0 spiro atoms. The molecule has 162 valence electrons. The number of amides is 1. The van der Waals surface area contributed by atoms with Crippen molar-refractivity contribution in [3.05, 3.63) is 18.0 Å². The van der Waals surface area contributed by atoms with E-state index in [0.29, 0.717) is 18.2 Å². The zero-order valence-electron chi connectivity index (χ0n) is 16.1. The van der Waals surface area contributed by atoms with Crippen LogP contribution in [-0.4, -0.2) is 88.2 Å². The lowest BCUT2D eigenvalue weighted by atomic mass is 10.1. The highest BCUT2D eigenvalue weighted by atomic mass is 19.4. The van der Waals surface area contributed by atoms with Gasteiger partial charge in [0.25, 0.3) is 5.91 Å². The number of carboxylic acid groups (broad SMARTS) is 1. The van der Waals surface area contributed by atoms with Gasteiger partial charge in [0.2, 0.25) is 0 Å². The fourth-order valence-electron chi connectivity index (χ4n) is 3.65. The molecule has 1 saturated carbocycles. The topological polar surface area (TPSA) is 87.9 Å². The second-order valence-corrected chi connectivity index (χ2v) is 7.76. The number of fused-ring (bicyclic) bond motifs is 1. The van der Waals surface area contributed by atoms with Gasteiger partial charge in [-0.15, -0.1) is 0 Å². The standard InChI is InChI=1S/C16H24N4O2.C2HF3O2/c1-18-5-4-14(17-18)16(21)20-10-13-9-19(8-12-2-3-12)6-7-22-15(13)11-20;3-2(4,5)1(6)7/h4-5,12-13,15H,2-3,6-11H2,1H3;(H,6,7)/t13-,15+;/m0./s1. The number of alkyl halides is 3. The molecule has 2 aliphatic heterocycles. The summed E-state index contributed by atoms with van der Waals surface area (Å²) in [5.74, 6) is -1.38. The Hall–Kier alpha value is -2.14. The van der Waals surface area contributed by atoms with Gasteiger partial charge in [-0.3, -0.25) is 9.48 Å². The Morgan fingerprint density at radius 2 is 1.97 bits per heavy atom. The minimum Gasteiger partial charge on any atom is -0.475 e. The molecule has 8 nitrogen and oxygen atoms in total. The Kier molecular flexibility index (Phi) is 6.47. The molecule has 1 aromatic rings. The third-order valence-corrected chi connectivity index (χ3v) is 5.29. The van der Waals surface area contributed by atoms with E-state index in [1.165, 1.54) is 19.4 Å². The second-order valence-electron chi connectivity index (χ2n) is 7.76. The van der Waals surface area contributed by atoms with Crippen molar-refractivity contribution in [1.82, 2.24) is 19.6 Å². The molecule has 1 aliphatic carbocycles. The van der Waals surface area contributed by atoms with Crippen LogP contribution in [0.15, 0.2) is 12.3 Å². The summed E-state index contributed by atoms with van der Waals surface area (Å²) >= 11 is 0. The first-order valence-corrected chi connectivity index (χ1v) is 9.56. The number of hydrogen-bond acceptors (Lipinski definition) is 5. The second kappa shape index (κ2) is 8.70. The number of hydrogen-bond donors (Lipinski definition) is 1. The first-order valence-electron chi connectivity index (χ1n) is 9.56. The van der Waals surface area contributed by atoms with Crippen molar-refractivity contribution < 1.29 is 32.6 Å². The number of aliphatic carboxylic acids is 1. The predicted molar refractivity (Wildman–Crippen MR) is 95.2 cm³/mol. The highest BCUT2D eigenvalue weighted by Gasteiger charge is 2.40. The molecule has 1 aromatic heterocycles. The number of carbonyl (C=O) groups excluding carboxylic acids is 1. The Bertz CT molecular complexity index is 735. The third-order valence-electron chi connectivity index (χ3n) is 5.29. The summed E-state index contributed by atoms with van der Waals surface area (Å²) in [6, 6.07) is 1.79. The quantitative estimate of drug-likeness (QED) is 0.795. The van der Waals surface area contributed by atoms with Gasteiger partial charge in [0, 0.05) is 51.9 Å². The van der Waals surface area contributed by atoms with E-state index in [1.807, 2.05) is 18.1 Å². The number of halogens is 3. The summed E-state index contributed by atoms with van der Waals surface area (Å²) in [7, 11) is 1.84. The summed E-state index contributed by atoms with van der Waals surface area (Å²) in [6.07, 6.45) is -0.308. The highest BCUT2D eigenvalue weighted by molar-refractivity contribution is 5.92. The normalized spacial score (nSPS) is 25.0. The number of carbonyl (C=O) groups is 2. The zero-order valence-corrected chi connectivity index (χ0v) is 16.1. The smallest absolute Gasteiger partial charge is 0.475 e. The first kappa shape index (κ1) is 21.6. The molecule has 0 bridgehead atoms. The van der Waals surface area contributed by atoms with Gasteiger partial charge in [0.15, 0.2) is 0 Å². The van der Waals surface area contributed by atoms with E-state index in [4.69, 9.17) is 14.6 Å². The lowest BCUT2D eigenvalue weighted by Crippen LogP contribution is -2.35. The molecule has 29 heavy (non-hydrogen) atoms. The molecule has 2 atom stereocenters. The third kappa shape index (κ3) is 5.92. The van der Waals surface area contributed by atoms with Crippen molar-refractivity contribution in [3.63, 3.8) is 0 Å². The molecule has 0 radical (unpaired) electrons. The van der Waals surface area contributed by atoms with Crippen molar-refractivity contribution >= 4 is 11.9 Å². The molecule has 3 aliphatic rings. The molecule has 1 amide bonds. The minimum absolute atomic E-state index is 0.0333. The van der Waals surface area contributed by atoms with Crippen molar-refractivity contribution in [1.29, 1.82) is 0 Å². The molecule has 1 N–H and O–H groups in total. The van der Waals surface area contributed by atoms with Crippen LogP contribution in [0.25, 0.3) is 0 Å². The average Bonchev–Trinajstić information content (AvgIpc) is 3.26. The van der Waals surface area contributed by atoms with Crippen LogP contribution in [0.3, 0.4) is 0 Å². The van der Waals surface area contributed by atoms with Gasteiger partial charge in [0.05, 0.1) is 12.7 Å². The van der Waals surface area contributed by atoms with E-state index in [1.54, 1.807) is 10.7 Å². The first-order chi connectivity index (χ1) is 13.6.